The van der Waals surface area contributed by atoms with Crippen molar-refractivity contribution in [2.45, 2.75) is 52.1 Å². The summed E-state index contributed by atoms with van der Waals surface area (Å²) in [6.45, 7) is 9.24. The van der Waals surface area contributed by atoms with Crippen LogP contribution in [0.5, 0.6) is 0 Å². The van der Waals surface area contributed by atoms with Crippen molar-refractivity contribution in [1.29, 1.82) is 0 Å². The largest absolute Gasteiger partial charge is 0.384 e. The van der Waals surface area contributed by atoms with E-state index in [-0.39, 0.29) is 0 Å². The summed E-state index contributed by atoms with van der Waals surface area (Å²) in [6, 6.07) is 10.00. The molecule has 1 atom stereocenters. The maximum absolute atomic E-state index is 10.7. The van der Waals surface area contributed by atoms with Crippen LogP contribution in [0.25, 0.3) is 0 Å². The fourth-order valence-electron chi connectivity index (χ4n) is 2.36. The molecule has 1 aromatic rings. The van der Waals surface area contributed by atoms with Crippen LogP contribution in [0.2, 0.25) is 0 Å². The zero-order valence-corrected chi connectivity index (χ0v) is 12.7. The van der Waals surface area contributed by atoms with Gasteiger partial charge >= 0.3 is 0 Å². The molecule has 0 radical (unpaired) electrons. The minimum absolute atomic E-state index is 0.719. The molecule has 0 amide bonds. The number of aliphatic hydroxyl groups is 1. The SMILES string of the molecule is CCCCN(CCCC)C[C@@](C)(O)c1ccccc1. The first-order valence-corrected chi connectivity index (χ1v) is 7.60. The van der Waals surface area contributed by atoms with E-state index in [1.54, 1.807) is 0 Å². The minimum atomic E-state index is -0.761. The van der Waals surface area contributed by atoms with Gasteiger partial charge in [0.2, 0.25) is 0 Å². The third-order valence-electron chi connectivity index (χ3n) is 3.58. The maximum Gasteiger partial charge on any atom is 0.0994 e. The van der Waals surface area contributed by atoms with Crippen LogP contribution in [0.1, 0.15) is 52.0 Å². The Kier molecular flexibility index (Phi) is 7.11. The summed E-state index contributed by atoms with van der Waals surface area (Å²) < 4.78 is 0. The lowest BCUT2D eigenvalue weighted by Crippen LogP contribution is -2.40. The second-order valence-electron chi connectivity index (χ2n) is 5.62. The van der Waals surface area contributed by atoms with Gasteiger partial charge in [0, 0.05) is 6.54 Å². The molecule has 0 aliphatic carbocycles. The van der Waals surface area contributed by atoms with Crippen molar-refractivity contribution in [2.24, 2.45) is 0 Å². The average Bonchev–Trinajstić information content (AvgIpc) is 2.42. The fraction of sp³-hybridized carbons (Fsp3) is 0.647. The Morgan fingerprint density at radius 3 is 2.00 bits per heavy atom. The van der Waals surface area contributed by atoms with Gasteiger partial charge in [0.25, 0.3) is 0 Å². The molecule has 0 fully saturated rings. The molecule has 0 aromatic heterocycles. The van der Waals surface area contributed by atoms with Crippen molar-refractivity contribution < 1.29 is 5.11 Å². The highest BCUT2D eigenvalue weighted by Gasteiger charge is 2.25. The first-order valence-electron chi connectivity index (χ1n) is 7.60. The number of hydrogen-bond donors (Lipinski definition) is 1. The van der Waals surface area contributed by atoms with E-state index in [2.05, 4.69) is 18.7 Å². The molecule has 1 aromatic carbocycles. The van der Waals surface area contributed by atoms with E-state index in [4.69, 9.17) is 0 Å². The van der Waals surface area contributed by atoms with Crippen molar-refractivity contribution in [3.8, 4) is 0 Å². The lowest BCUT2D eigenvalue weighted by Gasteiger charge is -2.32. The zero-order valence-electron chi connectivity index (χ0n) is 12.7. The second-order valence-corrected chi connectivity index (χ2v) is 5.62. The summed E-state index contributed by atoms with van der Waals surface area (Å²) in [5.74, 6) is 0. The molecule has 0 saturated carbocycles. The second kappa shape index (κ2) is 8.34. The number of unbranched alkanes of at least 4 members (excludes halogenated alkanes) is 2. The van der Waals surface area contributed by atoms with Crippen LogP contribution in [0.3, 0.4) is 0 Å². The molecule has 0 unspecified atom stereocenters. The number of rotatable bonds is 9. The predicted octanol–water partition coefficient (Wildman–Crippen LogP) is 3.80. The van der Waals surface area contributed by atoms with Crippen molar-refractivity contribution >= 4 is 0 Å². The Bertz CT molecular complexity index is 326. The van der Waals surface area contributed by atoms with Crippen LogP contribution in [0, 0.1) is 0 Å². The summed E-state index contributed by atoms with van der Waals surface area (Å²) in [7, 11) is 0. The van der Waals surface area contributed by atoms with Crippen LogP contribution in [0.4, 0.5) is 0 Å². The van der Waals surface area contributed by atoms with Gasteiger partial charge in [0.15, 0.2) is 0 Å². The van der Waals surface area contributed by atoms with E-state index >= 15 is 0 Å². The normalized spacial score (nSPS) is 14.6. The molecule has 0 spiro atoms. The fourth-order valence-corrected chi connectivity index (χ4v) is 2.36. The summed E-state index contributed by atoms with van der Waals surface area (Å²) in [6.07, 6.45) is 4.81. The Labute approximate surface area is 118 Å². The van der Waals surface area contributed by atoms with Gasteiger partial charge in [-0.15, -0.1) is 0 Å². The highest BCUT2D eigenvalue weighted by Crippen LogP contribution is 2.22. The number of benzene rings is 1. The highest BCUT2D eigenvalue weighted by molar-refractivity contribution is 5.21. The van der Waals surface area contributed by atoms with E-state index in [9.17, 15) is 5.11 Å². The van der Waals surface area contributed by atoms with Gasteiger partial charge in [0.05, 0.1) is 5.60 Å². The van der Waals surface area contributed by atoms with Crippen LogP contribution in [0.15, 0.2) is 30.3 Å². The van der Waals surface area contributed by atoms with Gasteiger partial charge in [-0.2, -0.15) is 0 Å². The Balaban J connectivity index is 2.64. The molecule has 0 bridgehead atoms. The smallest absolute Gasteiger partial charge is 0.0994 e. The lowest BCUT2D eigenvalue weighted by atomic mass is 9.95. The quantitative estimate of drug-likeness (QED) is 0.732. The molecule has 19 heavy (non-hydrogen) atoms. The molecule has 0 heterocycles. The first-order chi connectivity index (χ1) is 9.10. The molecule has 1 rings (SSSR count). The van der Waals surface area contributed by atoms with Gasteiger partial charge in [-0.3, -0.25) is 0 Å². The van der Waals surface area contributed by atoms with Gasteiger partial charge in [-0.25, -0.2) is 0 Å². The zero-order chi connectivity index (χ0) is 14.1. The van der Waals surface area contributed by atoms with Gasteiger partial charge < -0.3 is 10.0 Å². The van der Waals surface area contributed by atoms with Crippen LogP contribution >= 0.6 is 0 Å². The third kappa shape index (κ3) is 5.75. The van der Waals surface area contributed by atoms with E-state index in [1.165, 1.54) is 25.7 Å². The van der Waals surface area contributed by atoms with Crippen molar-refractivity contribution in [3.63, 3.8) is 0 Å². The van der Waals surface area contributed by atoms with Crippen molar-refractivity contribution in [2.75, 3.05) is 19.6 Å². The molecule has 0 aliphatic rings. The Morgan fingerprint density at radius 2 is 1.53 bits per heavy atom. The molecule has 0 saturated heterocycles. The molecule has 2 heteroatoms. The predicted molar refractivity (Wildman–Crippen MR) is 82.3 cm³/mol. The summed E-state index contributed by atoms with van der Waals surface area (Å²) in [5.41, 5.74) is 0.246. The Hall–Kier alpha value is -0.860. The van der Waals surface area contributed by atoms with Gasteiger partial charge in [0.1, 0.15) is 0 Å². The first kappa shape index (κ1) is 16.2. The van der Waals surface area contributed by atoms with E-state index in [0.717, 1.165) is 25.2 Å². The van der Waals surface area contributed by atoms with Crippen molar-refractivity contribution in [1.82, 2.24) is 4.90 Å². The number of hydrogen-bond acceptors (Lipinski definition) is 2. The maximum atomic E-state index is 10.7. The minimum Gasteiger partial charge on any atom is -0.384 e. The van der Waals surface area contributed by atoms with Crippen LogP contribution in [-0.2, 0) is 5.60 Å². The molecule has 108 valence electrons. The monoisotopic (exact) mass is 263 g/mol. The summed E-state index contributed by atoms with van der Waals surface area (Å²) >= 11 is 0. The summed E-state index contributed by atoms with van der Waals surface area (Å²) in [5, 5.41) is 10.7. The van der Waals surface area contributed by atoms with E-state index in [0.29, 0.717) is 0 Å². The summed E-state index contributed by atoms with van der Waals surface area (Å²) in [4.78, 5) is 2.40. The third-order valence-corrected chi connectivity index (χ3v) is 3.58. The van der Waals surface area contributed by atoms with E-state index < -0.39 is 5.60 Å². The highest BCUT2D eigenvalue weighted by atomic mass is 16.3. The van der Waals surface area contributed by atoms with Crippen molar-refractivity contribution in [3.05, 3.63) is 35.9 Å². The Morgan fingerprint density at radius 1 is 1.00 bits per heavy atom. The van der Waals surface area contributed by atoms with Crippen LogP contribution < -0.4 is 0 Å². The molecule has 2 nitrogen and oxygen atoms in total. The van der Waals surface area contributed by atoms with Gasteiger partial charge in [-0.05, 0) is 38.4 Å². The molecule has 0 aliphatic heterocycles. The number of nitrogens with zero attached hydrogens (tertiary/aromatic N) is 1. The van der Waals surface area contributed by atoms with Gasteiger partial charge in [-0.1, -0.05) is 57.0 Å². The molecular weight excluding hydrogens is 234 g/mol. The molecular formula is C17H29NO. The standard InChI is InChI=1S/C17H29NO/c1-4-6-13-18(14-7-5-2)15-17(3,19)16-11-9-8-10-12-16/h8-12,19H,4-7,13-15H2,1-3H3/t17-/m1/s1. The average molecular weight is 263 g/mol. The molecule has 1 N–H and O–H groups in total. The topological polar surface area (TPSA) is 23.5 Å². The lowest BCUT2D eigenvalue weighted by molar-refractivity contribution is 0.0150. The van der Waals surface area contributed by atoms with E-state index in [1.807, 2.05) is 37.3 Å². The van der Waals surface area contributed by atoms with Crippen LogP contribution in [-0.4, -0.2) is 29.6 Å².